The first-order chi connectivity index (χ1) is 15.1. The van der Waals surface area contributed by atoms with Gasteiger partial charge < -0.3 is 19.7 Å². The molecule has 160 valence electrons. The molecule has 1 fully saturated rings. The van der Waals surface area contributed by atoms with Crippen LogP contribution in [-0.2, 0) is 9.59 Å². The number of carbonyl (C=O) groups excluding carboxylic acids is 2. The van der Waals surface area contributed by atoms with E-state index in [2.05, 4.69) is 11.9 Å². The van der Waals surface area contributed by atoms with E-state index in [-0.39, 0.29) is 11.3 Å². The summed E-state index contributed by atoms with van der Waals surface area (Å²) in [4.78, 5) is 30.9. The maximum absolute atomic E-state index is 13.1. The van der Waals surface area contributed by atoms with Gasteiger partial charge in [0.25, 0.3) is 11.7 Å². The van der Waals surface area contributed by atoms with Crippen LogP contribution < -0.4 is 4.74 Å². The fraction of sp³-hybridized carbons (Fsp3) is 0.280. The molecular weight excluding hydrogens is 392 g/mol. The summed E-state index contributed by atoms with van der Waals surface area (Å²) in [6.07, 6.45) is 4.58. The van der Waals surface area contributed by atoms with Crippen molar-refractivity contribution in [2.24, 2.45) is 0 Å². The third-order valence-electron chi connectivity index (χ3n) is 5.80. The van der Waals surface area contributed by atoms with Gasteiger partial charge in [-0.05, 0) is 24.6 Å². The highest BCUT2D eigenvalue weighted by Gasteiger charge is 2.46. The molecule has 1 atom stereocenters. The largest absolute Gasteiger partial charge is 0.507 e. The number of hydrogen-bond donors (Lipinski definition) is 2. The van der Waals surface area contributed by atoms with E-state index in [1.807, 2.05) is 30.5 Å². The molecule has 0 bridgehead atoms. The van der Waals surface area contributed by atoms with Crippen LogP contribution in [0.5, 0.6) is 5.75 Å². The molecule has 1 unspecified atom stereocenters. The number of benzene rings is 2. The number of ether oxygens (including phenoxy) is 1. The molecule has 1 saturated heterocycles. The Bertz CT molecular complexity index is 1160. The van der Waals surface area contributed by atoms with Crippen LogP contribution in [0.3, 0.4) is 0 Å². The molecule has 1 aliphatic heterocycles. The highest BCUT2D eigenvalue weighted by molar-refractivity contribution is 6.46. The highest BCUT2D eigenvalue weighted by atomic mass is 16.5. The summed E-state index contributed by atoms with van der Waals surface area (Å²) in [5.41, 5.74) is 2.27. The van der Waals surface area contributed by atoms with E-state index in [1.165, 1.54) is 7.11 Å². The van der Waals surface area contributed by atoms with Gasteiger partial charge in [0.1, 0.15) is 11.5 Å². The molecule has 1 aromatic heterocycles. The molecule has 0 spiro atoms. The lowest BCUT2D eigenvalue weighted by Crippen LogP contribution is -2.30. The lowest BCUT2D eigenvalue weighted by molar-refractivity contribution is -0.139. The average molecular weight is 418 g/mol. The molecule has 3 aromatic rings. The van der Waals surface area contributed by atoms with Gasteiger partial charge in [-0.25, -0.2) is 0 Å². The van der Waals surface area contributed by atoms with Crippen LogP contribution in [0, 0.1) is 0 Å². The molecule has 2 N–H and O–H groups in total. The molecule has 4 rings (SSSR count). The number of aliphatic hydroxyl groups is 1. The zero-order valence-corrected chi connectivity index (χ0v) is 17.7. The number of ketones is 1. The van der Waals surface area contributed by atoms with Crippen molar-refractivity contribution in [1.29, 1.82) is 0 Å². The Hall–Kier alpha value is -3.54. The van der Waals surface area contributed by atoms with Gasteiger partial charge in [0.05, 0.1) is 18.7 Å². The van der Waals surface area contributed by atoms with Gasteiger partial charge in [0, 0.05) is 34.8 Å². The fourth-order valence-electron chi connectivity index (χ4n) is 4.21. The smallest absolute Gasteiger partial charge is 0.295 e. The van der Waals surface area contributed by atoms with E-state index in [9.17, 15) is 14.7 Å². The van der Waals surface area contributed by atoms with Gasteiger partial charge in [-0.2, -0.15) is 0 Å². The van der Waals surface area contributed by atoms with E-state index in [4.69, 9.17) is 4.74 Å². The van der Waals surface area contributed by atoms with Crippen LogP contribution in [0.1, 0.15) is 43.4 Å². The van der Waals surface area contributed by atoms with Gasteiger partial charge in [0.15, 0.2) is 0 Å². The highest BCUT2D eigenvalue weighted by Crippen LogP contribution is 2.42. The number of methoxy groups -OCH3 is 1. The maximum atomic E-state index is 13.1. The van der Waals surface area contributed by atoms with Crippen molar-refractivity contribution in [2.45, 2.75) is 32.2 Å². The minimum atomic E-state index is -0.660. The molecule has 0 aliphatic carbocycles. The number of H-pyrrole nitrogens is 1. The number of aromatic amines is 1. The summed E-state index contributed by atoms with van der Waals surface area (Å²) in [6.45, 7) is 2.55. The van der Waals surface area contributed by atoms with Gasteiger partial charge in [-0.3, -0.25) is 9.59 Å². The number of para-hydroxylation sites is 1. The number of aromatic nitrogens is 1. The lowest BCUT2D eigenvalue weighted by atomic mass is 9.95. The van der Waals surface area contributed by atoms with Crippen molar-refractivity contribution in [1.82, 2.24) is 9.88 Å². The molecule has 6 nitrogen and oxygen atoms in total. The predicted molar refractivity (Wildman–Crippen MR) is 120 cm³/mol. The number of Topliss-reactive ketones (excluding diaryl/α,β-unsaturated/α-hetero) is 1. The number of rotatable bonds is 7. The molecule has 1 aliphatic rings. The van der Waals surface area contributed by atoms with Crippen molar-refractivity contribution < 1.29 is 19.4 Å². The number of hydrogen-bond acceptors (Lipinski definition) is 4. The third-order valence-corrected chi connectivity index (χ3v) is 5.80. The minimum Gasteiger partial charge on any atom is -0.507 e. The van der Waals surface area contributed by atoms with E-state index in [1.54, 1.807) is 29.2 Å². The molecule has 2 aromatic carbocycles. The first-order valence-corrected chi connectivity index (χ1v) is 10.6. The molecule has 31 heavy (non-hydrogen) atoms. The van der Waals surface area contributed by atoms with Crippen LogP contribution in [0.25, 0.3) is 16.7 Å². The number of unbranched alkanes of at least 4 members (excludes halogenated alkanes) is 2. The number of carbonyl (C=O) groups is 2. The zero-order chi connectivity index (χ0) is 22.0. The van der Waals surface area contributed by atoms with Crippen molar-refractivity contribution in [3.8, 4) is 5.75 Å². The van der Waals surface area contributed by atoms with E-state index < -0.39 is 17.7 Å². The first-order valence-electron chi connectivity index (χ1n) is 10.6. The standard InChI is InChI=1S/C25H26N2O4/c1-3-4-7-13-27-22(19-15-26-20-12-6-5-11-18(19)20)21(24(29)25(27)30)23(28)16-9-8-10-17(14-16)31-2/h5-6,8-12,14-15,22,26,28H,3-4,7,13H2,1-2H3/b23-21+. The van der Waals surface area contributed by atoms with E-state index >= 15 is 0 Å². The second-order valence-electron chi connectivity index (χ2n) is 7.72. The molecule has 0 saturated carbocycles. The van der Waals surface area contributed by atoms with E-state index in [0.717, 1.165) is 35.7 Å². The SMILES string of the molecule is CCCCCN1C(=O)C(=O)/C(=C(/O)c2cccc(OC)c2)C1c1c[nH]c2ccccc12. The number of aliphatic hydroxyl groups excluding tert-OH is 1. The second-order valence-corrected chi connectivity index (χ2v) is 7.72. The molecule has 0 radical (unpaired) electrons. The third kappa shape index (κ3) is 3.69. The Balaban J connectivity index is 1.89. The number of nitrogens with zero attached hydrogens (tertiary/aromatic N) is 1. The van der Waals surface area contributed by atoms with Crippen molar-refractivity contribution in [3.63, 3.8) is 0 Å². The van der Waals surface area contributed by atoms with Gasteiger partial charge in [-0.15, -0.1) is 0 Å². The predicted octanol–water partition coefficient (Wildman–Crippen LogP) is 4.79. The Labute approximate surface area is 181 Å². The molecule has 1 amide bonds. The van der Waals surface area contributed by atoms with Crippen molar-refractivity contribution in [2.75, 3.05) is 13.7 Å². The quantitative estimate of drug-likeness (QED) is 0.250. The Kier molecular flexibility index (Phi) is 5.80. The summed E-state index contributed by atoms with van der Waals surface area (Å²) in [6, 6.07) is 14.0. The zero-order valence-electron chi connectivity index (χ0n) is 17.7. The normalized spacial score (nSPS) is 18.1. The monoisotopic (exact) mass is 418 g/mol. The Morgan fingerprint density at radius 2 is 1.94 bits per heavy atom. The molecule has 2 heterocycles. The minimum absolute atomic E-state index is 0.111. The second kappa shape index (κ2) is 8.68. The van der Waals surface area contributed by atoms with Crippen LogP contribution >= 0.6 is 0 Å². The van der Waals surface area contributed by atoms with Gasteiger partial charge >= 0.3 is 0 Å². The summed E-state index contributed by atoms with van der Waals surface area (Å²) >= 11 is 0. The number of nitrogens with one attached hydrogen (secondary N) is 1. The average Bonchev–Trinajstić information content (AvgIpc) is 3.33. The summed E-state index contributed by atoms with van der Waals surface area (Å²) in [5, 5.41) is 12.1. The lowest BCUT2D eigenvalue weighted by Gasteiger charge is -2.25. The molecule has 6 heteroatoms. The summed E-state index contributed by atoms with van der Waals surface area (Å²) in [5.74, 6) is -0.863. The van der Waals surface area contributed by atoms with Crippen LogP contribution in [0.15, 0.2) is 60.3 Å². The first kappa shape index (κ1) is 20.7. The molecular formula is C25H26N2O4. The van der Waals surface area contributed by atoms with Crippen LogP contribution in [-0.4, -0.2) is 40.3 Å². The topological polar surface area (TPSA) is 82.6 Å². The van der Waals surface area contributed by atoms with E-state index in [0.29, 0.717) is 17.9 Å². The Morgan fingerprint density at radius 1 is 1.13 bits per heavy atom. The summed E-state index contributed by atoms with van der Waals surface area (Å²) in [7, 11) is 1.54. The van der Waals surface area contributed by atoms with Gasteiger partial charge in [0.2, 0.25) is 0 Å². The number of amides is 1. The summed E-state index contributed by atoms with van der Waals surface area (Å²) < 4.78 is 5.26. The van der Waals surface area contributed by atoms with Gasteiger partial charge in [-0.1, -0.05) is 50.1 Å². The number of fused-ring (bicyclic) bond motifs is 1. The van der Waals surface area contributed by atoms with Crippen molar-refractivity contribution in [3.05, 3.63) is 71.4 Å². The maximum Gasteiger partial charge on any atom is 0.295 e. The fourth-order valence-corrected chi connectivity index (χ4v) is 4.21. The number of likely N-dealkylation sites (tertiary alicyclic amines) is 1. The Morgan fingerprint density at radius 3 is 2.71 bits per heavy atom. The van der Waals surface area contributed by atoms with Crippen LogP contribution in [0.4, 0.5) is 0 Å². The van der Waals surface area contributed by atoms with Crippen LogP contribution in [0.2, 0.25) is 0 Å². The van der Waals surface area contributed by atoms with Crippen molar-refractivity contribution >= 4 is 28.4 Å².